The normalized spacial score (nSPS) is 134. The minimum atomic E-state index is 0.989. The van der Waals surface area contributed by atoms with E-state index in [2.05, 4.69) is 0 Å². The van der Waals surface area contributed by atoms with Crippen LogP contribution in [0.1, 0.15) is 25.7 Å². The molecular formula is C93H64. The molecule has 0 saturated heterocycles. The van der Waals surface area contributed by atoms with Crippen LogP contribution in [0.25, 0.3) is 0 Å². The number of hydrogen-bond donors (Lipinski definition) is 0. The van der Waals surface area contributed by atoms with Crippen LogP contribution in [0.3, 0.4) is 0 Å². The molecule has 33 spiro atoms. The molecule has 0 aliphatic heterocycles. The van der Waals surface area contributed by atoms with Crippen LogP contribution in [0.2, 0.25) is 0 Å². The minimum Gasteiger partial charge on any atom is -0.0461 e. The Kier molecular flexibility index (Phi) is 1.99. The standard InChI is InChI=1S/C93H64/c1-5-13-22-14(5)25-37-50-66(22,25)75-23(13)16-24-15-7-3-11-21-30-35-33-31-34-36-32-29-17-6-2-8-19-20-12-4-10-18-9(1)64(37)39-28-41-54-69(28)52(39)80(50,64)92(75)84(47(16)75)60-85-59-44(73(19)74(20)51-38(63(10,12)74)27-40-53-68(27,51)89(59,73)93(85,91(60,69)92)81(53,54)65(18,40)41)49-61(8)46(6)67(17)48(61)43-56-77(32,71(29,43)67)87(36)79(34)58-45-57-78(33,72(31,45)79)86(35)76(30)55(42-26(15)62(7,11)70(21,42)76)82(57,86)88(24,84)90(49,85)83(56,58)87/h5-60H,1-4H2. The maximum Gasteiger partial charge on any atom is -0.00191 e. The number of rotatable bonds is 0. The maximum atomic E-state index is 2.04. The quantitative estimate of drug-likeness (QED) is 0.229. The summed E-state index contributed by atoms with van der Waals surface area (Å²) in [5, 5.41) is 0. The Morgan fingerprint density at radius 3 is 1.60 bits per heavy atom. The zero-order valence-electron chi connectivity index (χ0n) is 51.7. The molecule has 0 radical (unpaired) electrons. The van der Waals surface area contributed by atoms with E-state index in [1.165, 1.54) is 331 Å². The van der Waals surface area contributed by atoms with Crippen molar-refractivity contribution in [2.75, 3.05) is 0 Å². The van der Waals surface area contributed by atoms with Crippen LogP contribution in [0.5, 0.6) is 0 Å². The molecule has 62 aliphatic rings. The predicted octanol–water partition coefficient (Wildman–Crippen LogP) is 8.45. The van der Waals surface area contributed by atoms with E-state index >= 15 is 0 Å². The summed E-state index contributed by atoms with van der Waals surface area (Å²) in [5.74, 6) is 79.6. The summed E-state index contributed by atoms with van der Waals surface area (Å²) in [7, 11) is 0. The van der Waals surface area contributed by atoms with Gasteiger partial charge in [-0.05, 0) is 536 Å². The summed E-state index contributed by atoms with van der Waals surface area (Å²) in [4.78, 5) is 0. The topological polar surface area (TPSA) is 0 Å². The molecule has 0 aromatic heterocycles. The summed E-state index contributed by atoms with van der Waals surface area (Å²) < 4.78 is 0. The zero-order valence-corrected chi connectivity index (χ0v) is 51.7. The van der Waals surface area contributed by atoms with Crippen LogP contribution < -0.4 is 0 Å². The Labute approximate surface area is 532 Å². The van der Waals surface area contributed by atoms with E-state index < -0.39 is 0 Å². The van der Waals surface area contributed by atoms with E-state index in [1.807, 2.05) is 25.7 Å². The highest BCUT2D eigenvalue weighted by Crippen LogP contribution is 3.56. The van der Waals surface area contributed by atoms with E-state index in [1.54, 1.807) is 0 Å². The van der Waals surface area contributed by atoms with Gasteiger partial charge in [-0.2, -0.15) is 0 Å². The van der Waals surface area contributed by atoms with Crippen molar-refractivity contribution in [1.82, 2.24) is 0 Å². The van der Waals surface area contributed by atoms with Crippen LogP contribution in [0.4, 0.5) is 0 Å². The van der Waals surface area contributed by atoms with Gasteiger partial charge in [0.25, 0.3) is 0 Å². The molecule has 436 valence electrons. The summed E-state index contributed by atoms with van der Waals surface area (Å²) in [5.41, 5.74) is 34.3. The molecule has 0 N–H and O–H groups in total. The molecule has 62 saturated carbocycles. The van der Waals surface area contributed by atoms with Crippen molar-refractivity contribution in [2.24, 2.45) is 510 Å². The molecule has 62 rings (SSSR count). The molecule has 93 heavy (non-hydrogen) atoms. The van der Waals surface area contributed by atoms with Gasteiger partial charge >= 0.3 is 0 Å². The minimum absolute atomic E-state index is 0.989. The molecule has 0 amide bonds. The van der Waals surface area contributed by atoms with Gasteiger partial charge in [-0.25, -0.2) is 0 Å². The van der Waals surface area contributed by atoms with Gasteiger partial charge in [-0.3, -0.25) is 0 Å². The maximum absolute atomic E-state index is 2.04. The van der Waals surface area contributed by atoms with Gasteiger partial charge in [0.2, 0.25) is 0 Å². The van der Waals surface area contributed by atoms with Crippen molar-refractivity contribution >= 4 is 0 Å². The number of fused-ring (bicyclic) bond motifs is 22. The van der Waals surface area contributed by atoms with E-state index in [-0.39, 0.29) is 0 Å². The Morgan fingerprint density at radius 2 is 0.742 bits per heavy atom. The summed E-state index contributed by atoms with van der Waals surface area (Å²) in [6, 6.07) is 0. The van der Waals surface area contributed by atoms with Crippen molar-refractivity contribution < 1.29 is 0 Å². The van der Waals surface area contributed by atoms with Crippen molar-refractivity contribution in [2.45, 2.75) is 25.7 Å². The third-order valence-electron chi connectivity index (χ3n) is 77.1. The molecule has 0 nitrogen and oxygen atoms in total. The average Bonchev–Trinajstić information content (AvgIpc) is 1.29. The van der Waals surface area contributed by atoms with Gasteiger partial charge < -0.3 is 0 Å². The Balaban J connectivity index is 0.727. The SMILES string of the molecule is C1C2C3C4C5C6C7C8C9C%10C%11C%12C%13CC%14C%15C%16C%17C%18C%11(C%12%17C%14%13%16)C%10%11C9%10C9C%12C%13C7(C8%12%10)C67C56C5C8C%10C%12(C1C1C%14C%16CC%17C%19C%20CC%21C%22C%23C%21C%21C%24C%25C%21%26C%23%21C%22C%22C%21C%21%23C%27C(C%28C%29C%30C%28%27C%27%28C%31C%25(C(C%15%24)(C%189%11)C9(C%12C%11C%12C%319C%279C%30%15C%18C(C%24C%25C%27C%24%18C%129C1%11C%14%27C%17%16%25)C%19%29%15)C5%137)C%21%26%28)C%20%22%23)C2C3%10C486. The van der Waals surface area contributed by atoms with Gasteiger partial charge in [-0.1, -0.05) is 0 Å². The van der Waals surface area contributed by atoms with Gasteiger partial charge in [0, 0.05) is 0 Å². The van der Waals surface area contributed by atoms with Crippen molar-refractivity contribution in [3.05, 3.63) is 0 Å². The smallest absolute Gasteiger partial charge is 0.00191 e. The summed E-state index contributed by atoms with van der Waals surface area (Å²) in [6.45, 7) is 0. The van der Waals surface area contributed by atoms with E-state index in [4.69, 9.17) is 0 Å². The molecule has 89 atom stereocenters. The zero-order chi connectivity index (χ0) is 51.7. The third kappa shape index (κ3) is 0.926. The molecule has 0 heteroatoms. The van der Waals surface area contributed by atoms with E-state index in [0.717, 1.165) is 179 Å². The number of hydrogen-bond acceptors (Lipinski definition) is 0. The second kappa shape index (κ2) is 5.57. The first-order valence-electron chi connectivity index (χ1n) is 46.2. The lowest BCUT2D eigenvalue weighted by molar-refractivity contribution is -0.947. The average molecular weight is 1180 g/mol. The van der Waals surface area contributed by atoms with Crippen LogP contribution in [-0.2, 0) is 0 Å². The van der Waals surface area contributed by atoms with Crippen LogP contribution in [0.15, 0.2) is 0 Å². The first kappa shape index (κ1) is 33.2. The van der Waals surface area contributed by atoms with E-state index in [0.29, 0.717) is 0 Å². The Bertz CT molecular complexity index is 6310. The predicted molar refractivity (Wildman–Crippen MR) is 294 cm³/mol. The van der Waals surface area contributed by atoms with Crippen LogP contribution >= 0.6 is 0 Å². The molecule has 89 unspecified atom stereocenters. The molecule has 0 aromatic carbocycles. The van der Waals surface area contributed by atoms with Gasteiger partial charge in [0.1, 0.15) is 0 Å². The van der Waals surface area contributed by atoms with Gasteiger partial charge in [0.05, 0.1) is 0 Å². The second-order valence-electron chi connectivity index (χ2n) is 59.3. The molecule has 62 aliphatic carbocycles. The lowest BCUT2D eigenvalue weighted by Gasteiger charge is -3.40. The molecule has 0 aromatic rings. The fraction of sp³-hybridized carbons (Fsp3) is 1.00. The third-order valence-corrected chi connectivity index (χ3v) is 77.1. The van der Waals surface area contributed by atoms with Crippen molar-refractivity contribution in [3.63, 3.8) is 0 Å². The van der Waals surface area contributed by atoms with Crippen molar-refractivity contribution in [3.8, 4) is 0 Å². The Morgan fingerprint density at radius 1 is 0.161 bits per heavy atom. The molecule has 62 fully saturated rings. The fourth-order valence-corrected chi connectivity index (χ4v) is 95.2. The highest BCUT2D eigenvalue weighted by molar-refractivity contribution is 6.00. The summed E-state index contributed by atoms with van der Waals surface area (Å²) >= 11 is 0. The van der Waals surface area contributed by atoms with Crippen LogP contribution in [-0.4, -0.2) is 0 Å². The summed E-state index contributed by atoms with van der Waals surface area (Å²) in [6.07, 6.45) is 8.02. The largest absolute Gasteiger partial charge is 0.0461 e. The van der Waals surface area contributed by atoms with Gasteiger partial charge in [0.15, 0.2) is 0 Å². The lowest BCUT2D eigenvalue weighted by atomic mass is 8.63. The van der Waals surface area contributed by atoms with E-state index in [9.17, 15) is 0 Å². The highest BCUT2D eigenvalue weighted by atomic mass is 15.6. The monoisotopic (exact) mass is 1180 g/mol. The fourth-order valence-electron chi connectivity index (χ4n) is 95.2. The first-order chi connectivity index (χ1) is 46.2. The van der Waals surface area contributed by atoms with Crippen molar-refractivity contribution in [1.29, 1.82) is 0 Å². The molecule has 0 heterocycles. The molecular weight excluding hydrogens is 1120 g/mol. The van der Waals surface area contributed by atoms with Crippen LogP contribution in [0, 0.1) is 510 Å². The lowest BCUT2D eigenvalue weighted by Crippen LogP contribution is -3.38. The highest BCUT2D eigenvalue weighted by Gasteiger charge is 3.55. The Hall–Kier alpha value is 0. The first-order valence-corrected chi connectivity index (χ1v) is 46.2. The molecule has 0 bridgehead atoms. The second-order valence-corrected chi connectivity index (χ2v) is 59.3. The van der Waals surface area contributed by atoms with Gasteiger partial charge in [-0.15, -0.1) is 0 Å².